The first-order chi connectivity index (χ1) is 4.84. The van der Waals surface area contributed by atoms with Crippen molar-refractivity contribution in [1.82, 2.24) is 0 Å². The summed E-state index contributed by atoms with van der Waals surface area (Å²) >= 11 is 0. The Kier molecular flexibility index (Phi) is 2.70. The Bertz CT molecular complexity index is 133. The van der Waals surface area contributed by atoms with Crippen LogP contribution >= 0.6 is 0 Å². The van der Waals surface area contributed by atoms with Gasteiger partial charge < -0.3 is 4.74 Å². The Morgan fingerprint density at radius 1 is 1.60 bits per heavy atom. The SMILES string of the molecule is C[C@H](C#N)[C@H]1CCCCO1. The van der Waals surface area contributed by atoms with Crippen LogP contribution in [0.25, 0.3) is 0 Å². The summed E-state index contributed by atoms with van der Waals surface area (Å²) in [4.78, 5) is 0. The first-order valence-corrected chi connectivity index (χ1v) is 3.86. The van der Waals surface area contributed by atoms with E-state index in [2.05, 4.69) is 6.07 Å². The maximum absolute atomic E-state index is 8.56. The Hall–Kier alpha value is -0.550. The van der Waals surface area contributed by atoms with E-state index in [-0.39, 0.29) is 12.0 Å². The lowest BCUT2D eigenvalue weighted by atomic mass is 9.99. The Morgan fingerprint density at radius 3 is 2.90 bits per heavy atom. The Morgan fingerprint density at radius 2 is 2.40 bits per heavy atom. The highest BCUT2D eigenvalue weighted by atomic mass is 16.5. The van der Waals surface area contributed by atoms with Gasteiger partial charge in [0, 0.05) is 6.61 Å². The van der Waals surface area contributed by atoms with Crippen LogP contribution < -0.4 is 0 Å². The zero-order valence-electron chi connectivity index (χ0n) is 6.34. The molecule has 0 aromatic rings. The molecule has 0 N–H and O–H groups in total. The van der Waals surface area contributed by atoms with Gasteiger partial charge in [0.05, 0.1) is 18.1 Å². The highest BCUT2D eigenvalue weighted by Gasteiger charge is 2.19. The Balaban J connectivity index is 2.33. The topological polar surface area (TPSA) is 33.0 Å². The van der Waals surface area contributed by atoms with E-state index in [1.165, 1.54) is 6.42 Å². The van der Waals surface area contributed by atoms with Crippen molar-refractivity contribution in [3.63, 3.8) is 0 Å². The van der Waals surface area contributed by atoms with Gasteiger partial charge in [0.25, 0.3) is 0 Å². The number of nitriles is 1. The summed E-state index contributed by atoms with van der Waals surface area (Å²) in [6.07, 6.45) is 3.65. The third-order valence-electron chi connectivity index (χ3n) is 1.98. The van der Waals surface area contributed by atoms with Gasteiger partial charge in [-0.2, -0.15) is 5.26 Å². The fourth-order valence-electron chi connectivity index (χ4n) is 1.24. The zero-order chi connectivity index (χ0) is 7.40. The molecule has 1 aliphatic rings. The van der Waals surface area contributed by atoms with Crippen LogP contribution in [-0.4, -0.2) is 12.7 Å². The standard InChI is InChI=1S/C8H13NO/c1-7(6-9)8-4-2-3-5-10-8/h7-8H,2-5H2,1H3/t7-,8-/m1/s1. The molecule has 0 aliphatic carbocycles. The second-order valence-electron chi connectivity index (χ2n) is 2.82. The van der Waals surface area contributed by atoms with Crippen LogP contribution in [0.15, 0.2) is 0 Å². The minimum absolute atomic E-state index is 0.0697. The molecular formula is C8H13NO. The monoisotopic (exact) mass is 139 g/mol. The van der Waals surface area contributed by atoms with Crippen molar-refractivity contribution in [3.05, 3.63) is 0 Å². The summed E-state index contributed by atoms with van der Waals surface area (Å²) < 4.78 is 5.41. The van der Waals surface area contributed by atoms with Gasteiger partial charge in [-0.25, -0.2) is 0 Å². The molecule has 1 aliphatic heterocycles. The fraction of sp³-hybridized carbons (Fsp3) is 0.875. The highest BCUT2D eigenvalue weighted by molar-refractivity contribution is 4.86. The highest BCUT2D eigenvalue weighted by Crippen LogP contribution is 2.18. The van der Waals surface area contributed by atoms with Crippen LogP contribution in [0.3, 0.4) is 0 Å². The summed E-state index contributed by atoms with van der Waals surface area (Å²) in [5.74, 6) is 0.0697. The summed E-state index contributed by atoms with van der Waals surface area (Å²) in [5, 5.41) is 8.56. The third-order valence-corrected chi connectivity index (χ3v) is 1.98. The van der Waals surface area contributed by atoms with E-state index in [0.29, 0.717) is 0 Å². The fourth-order valence-corrected chi connectivity index (χ4v) is 1.24. The summed E-state index contributed by atoms with van der Waals surface area (Å²) in [5.41, 5.74) is 0. The van der Waals surface area contributed by atoms with Gasteiger partial charge in [0.2, 0.25) is 0 Å². The molecule has 0 bridgehead atoms. The lowest BCUT2D eigenvalue weighted by Crippen LogP contribution is -2.24. The van der Waals surface area contributed by atoms with E-state index in [1.807, 2.05) is 6.92 Å². The minimum atomic E-state index is 0.0697. The zero-order valence-corrected chi connectivity index (χ0v) is 6.34. The summed E-state index contributed by atoms with van der Waals surface area (Å²) in [7, 11) is 0. The van der Waals surface area contributed by atoms with Crippen LogP contribution in [0.1, 0.15) is 26.2 Å². The predicted molar refractivity (Wildman–Crippen MR) is 38.4 cm³/mol. The normalized spacial score (nSPS) is 29.0. The molecule has 0 radical (unpaired) electrons. The van der Waals surface area contributed by atoms with E-state index in [1.54, 1.807) is 0 Å². The maximum Gasteiger partial charge on any atom is 0.0730 e. The number of ether oxygens (including phenoxy) is 1. The van der Waals surface area contributed by atoms with E-state index in [4.69, 9.17) is 10.00 Å². The van der Waals surface area contributed by atoms with Gasteiger partial charge in [0.1, 0.15) is 0 Å². The molecule has 0 spiro atoms. The molecule has 2 nitrogen and oxygen atoms in total. The van der Waals surface area contributed by atoms with Crippen LogP contribution in [-0.2, 0) is 4.74 Å². The molecule has 0 aromatic heterocycles. The largest absolute Gasteiger partial charge is 0.377 e. The molecule has 56 valence electrons. The predicted octanol–water partition coefficient (Wildman–Crippen LogP) is 1.72. The Labute approximate surface area is 61.8 Å². The first-order valence-electron chi connectivity index (χ1n) is 3.86. The van der Waals surface area contributed by atoms with Crippen molar-refractivity contribution in [2.75, 3.05) is 6.61 Å². The second-order valence-corrected chi connectivity index (χ2v) is 2.82. The quantitative estimate of drug-likeness (QED) is 0.554. The minimum Gasteiger partial charge on any atom is -0.377 e. The number of rotatable bonds is 1. The molecule has 0 unspecified atom stereocenters. The molecule has 1 heterocycles. The lowest BCUT2D eigenvalue weighted by molar-refractivity contribution is -0.00310. The molecule has 0 amide bonds. The van der Waals surface area contributed by atoms with Gasteiger partial charge >= 0.3 is 0 Å². The average molecular weight is 139 g/mol. The van der Waals surface area contributed by atoms with Crippen molar-refractivity contribution >= 4 is 0 Å². The lowest BCUT2D eigenvalue weighted by Gasteiger charge is -2.23. The average Bonchev–Trinajstić information content (AvgIpc) is 2.05. The van der Waals surface area contributed by atoms with Gasteiger partial charge in [-0.15, -0.1) is 0 Å². The maximum atomic E-state index is 8.56. The number of nitrogens with zero attached hydrogens (tertiary/aromatic N) is 1. The van der Waals surface area contributed by atoms with Crippen molar-refractivity contribution in [3.8, 4) is 6.07 Å². The van der Waals surface area contributed by atoms with Gasteiger partial charge in [-0.05, 0) is 26.2 Å². The van der Waals surface area contributed by atoms with Crippen molar-refractivity contribution < 1.29 is 4.74 Å². The van der Waals surface area contributed by atoms with Gasteiger partial charge in [-0.1, -0.05) is 0 Å². The van der Waals surface area contributed by atoms with E-state index in [9.17, 15) is 0 Å². The summed E-state index contributed by atoms with van der Waals surface area (Å²) in [6, 6.07) is 2.21. The van der Waals surface area contributed by atoms with Gasteiger partial charge in [-0.3, -0.25) is 0 Å². The first kappa shape index (κ1) is 7.56. The van der Waals surface area contributed by atoms with Crippen LogP contribution in [0.5, 0.6) is 0 Å². The van der Waals surface area contributed by atoms with Crippen LogP contribution in [0.4, 0.5) is 0 Å². The molecule has 1 saturated heterocycles. The molecule has 2 atom stereocenters. The van der Waals surface area contributed by atoms with E-state index >= 15 is 0 Å². The second kappa shape index (κ2) is 3.58. The summed E-state index contributed by atoms with van der Waals surface area (Å²) in [6.45, 7) is 2.77. The molecule has 0 aromatic carbocycles. The number of hydrogen-bond donors (Lipinski definition) is 0. The van der Waals surface area contributed by atoms with Crippen molar-refractivity contribution in [2.24, 2.45) is 5.92 Å². The molecule has 0 saturated carbocycles. The van der Waals surface area contributed by atoms with Gasteiger partial charge in [0.15, 0.2) is 0 Å². The van der Waals surface area contributed by atoms with Crippen molar-refractivity contribution in [2.45, 2.75) is 32.3 Å². The van der Waals surface area contributed by atoms with Crippen LogP contribution in [0.2, 0.25) is 0 Å². The third kappa shape index (κ3) is 1.71. The van der Waals surface area contributed by atoms with Crippen molar-refractivity contribution in [1.29, 1.82) is 5.26 Å². The molecule has 10 heavy (non-hydrogen) atoms. The molecule has 1 fully saturated rings. The smallest absolute Gasteiger partial charge is 0.0730 e. The molecule has 1 rings (SSSR count). The number of hydrogen-bond acceptors (Lipinski definition) is 2. The van der Waals surface area contributed by atoms with E-state index < -0.39 is 0 Å². The van der Waals surface area contributed by atoms with E-state index in [0.717, 1.165) is 19.4 Å². The van der Waals surface area contributed by atoms with Crippen LogP contribution in [0, 0.1) is 17.2 Å². The molecular weight excluding hydrogens is 126 g/mol. The molecule has 2 heteroatoms.